The fourth-order valence-corrected chi connectivity index (χ4v) is 2.29. The van der Waals surface area contributed by atoms with Gasteiger partial charge in [-0.15, -0.1) is 10.2 Å². The highest BCUT2D eigenvalue weighted by molar-refractivity contribution is 9.10. The first-order valence-electron chi connectivity index (χ1n) is 6.30. The molecular weight excluding hydrogens is 330 g/mol. The lowest BCUT2D eigenvalue weighted by Gasteiger charge is -2.05. The number of amidine groups is 1. The van der Waals surface area contributed by atoms with E-state index in [1.54, 1.807) is 0 Å². The smallest absolute Gasteiger partial charge is 0.176 e. The van der Waals surface area contributed by atoms with Crippen LogP contribution in [0.3, 0.4) is 0 Å². The molecule has 0 saturated heterocycles. The minimum Gasteiger partial charge on any atom is -0.380 e. The van der Waals surface area contributed by atoms with Gasteiger partial charge in [-0.3, -0.25) is 5.43 Å². The van der Waals surface area contributed by atoms with Gasteiger partial charge in [0.05, 0.1) is 5.69 Å². The van der Waals surface area contributed by atoms with Crippen molar-refractivity contribution in [3.63, 3.8) is 0 Å². The number of nitrogens with one attached hydrogen (secondary N) is 1. The van der Waals surface area contributed by atoms with Crippen molar-refractivity contribution in [1.29, 1.82) is 0 Å². The molecule has 104 valence electrons. The summed E-state index contributed by atoms with van der Waals surface area (Å²) in [6.45, 7) is 0. The lowest BCUT2D eigenvalue weighted by Crippen LogP contribution is -2.28. The zero-order valence-electron chi connectivity index (χ0n) is 11.0. The standard InChI is InChI=1S/C15H12BrN5/c16-11-6-4-5-10(9-11)13-14(15(17)21-19-13)20-18-12-7-2-1-3-8-12/h1-9,18H,(H2,17,20,21). The average molecular weight is 342 g/mol. The summed E-state index contributed by atoms with van der Waals surface area (Å²) in [7, 11) is 0. The fraction of sp³-hybridized carbons (Fsp3) is 0. The summed E-state index contributed by atoms with van der Waals surface area (Å²) in [5.41, 5.74) is 11.8. The van der Waals surface area contributed by atoms with Gasteiger partial charge in [0.1, 0.15) is 5.71 Å². The molecule has 0 bridgehead atoms. The van der Waals surface area contributed by atoms with Gasteiger partial charge in [-0.1, -0.05) is 46.3 Å². The van der Waals surface area contributed by atoms with E-state index in [0.717, 1.165) is 15.7 Å². The summed E-state index contributed by atoms with van der Waals surface area (Å²) in [5, 5.41) is 12.4. The Balaban J connectivity index is 1.89. The van der Waals surface area contributed by atoms with Crippen LogP contribution >= 0.6 is 15.9 Å². The van der Waals surface area contributed by atoms with Crippen LogP contribution in [-0.4, -0.2) is 17.3 Å². The number of nitrogens with zero attached hydrogens (tertiary/aromatic N) is 3. The zero-order chi connectivity index (χ0) is 14.7. The number of nitrogens with two attached hydrogens (primary N) is 1. The normalized spacial score (nSPS) is 15.8. The molecule has 3 N–H and O–H groups in total. The third-order valence-electron chi connectivity index (χ3n) is 2.89. The Morgan fingerprint density at radius 2 is 1.81 bits per heavy atom. The molecule has 0 fully saturated rings. The minimum atomic E-state index is 0.299. The number of para-hydroxylation sites is 1. The van der Waals surface area contributed by atoms with Gasteiger partial charge in [-0.05, 0) is 24.3 Å². The molecule has 0 amide bonds. The summed E-state index contributed by atoms with van der Waals surface area (Å²) < 4.78 is 0.962. The van der Waals surface area contributed by atoms with Crippen molar-refractivity contribution in [2.75, 3.05) is 5.43 Å². The topological polar surface area (TPSA) is 75.1 Å². The molecule has 2 aromatic carbocycles. The Hall–Kier alpha value is -2.47. The number of hydrazone groups is 1. The van der Waals surface area contributed by atoms with Crippen LogP contribution < -0.4 is 11.2 Å². The molecular formula is C15H12BrN5. The fourth-order valence-electron chi connectivity index (χ4n) is 1.89. The maximum atomic E-state index is 5.86. The highest BCUT2D eigenvalue weighted by Gasteiger charge is 2.21. The Kier molecular flexibility index (Phi) is 3.79. The Bertz CT molecular complexity index is 750. The number of hydrogen-bond donors (Lipinski definition) is 2. The molecule has 0 aliphatic carbocycles. The van der Waals surface area contributed by atoms with Crippen molar-refractivity contribution in [3.8, 4) is 0 Å². The summed E-state index contributed by atoms with van der Waals surface area (Å²) in [6, 6.07) is 17.4. The third-order valence-corrected chi connectivity index (χ3v) is 3.39. The van der Waals surface area contributed by atoms with Gasteiger partial charge >= 0.3 is 0 Å². The number of halogens is 1. The minimum absolute atomic E-state index is 0.299. The van der Waals surface area contributed by atoms with Crippen molar-refractivity contribution in [1.82, 2.24) is 0 Å². The lowest BCUT2D eigenvalue weighted by atomic mass is 10.1. The van der Waals surface area contributed by atoms with E-state index in [1.807, 2.05) is 54.6 Å². The van der Waals surface area contributed by atoms with Crippen LogP contribution in [0.15, 0.2) is 74.4 Å². The van der Waals surface area contributed by atoms with Crippen molar-refractivity contribution in [3.05, 3.63) is 64.6 Å². The molecule has 0 saturated carbocycles. The molecule has 1 heterocycles. The van der Waals surface area contributed by atoms with Crippen LogP contribution in [-0.2, 0) is 0 Å². The summed E-state index contributed by atoms with van der Waals surface area (Å²) in [4.78, 5) is 0. The Morgan fingerprint density at radius 3 is 2.57 bits per heavy atom. The Morgan fingerprint density at radius 1 is 1.00 bits per heavy atom. The highest BCUT2D eigenvalue weighted by atomic mass is 79.9. The second-order valence-electron chi connectivity index (χ2n) is 4.38. The summed E-state index contributed by atoms with van der Waals surface area (Å²) >= 11 is 3.44. The molecule has 3 rings (SSSR count). The SMILES string of the molecule is NC1=NN=C(c2cccc(Br)c2)/C1=N\Nc1ccccc1. The third kappa shape index (κ3) is 3.00. The van der Waals surface area contributed by atoms with Gasteiger partial charge in [0.2, 0.25) is 0 Å². The first-order valence-corrected chi connectivity index (χ1v) is 7.10. The Labute approximate surface area is 130 Å². The molecule has 6 heteroatoms. The maximum Gasteiger partial charge on any atom is 0.176 e. The van der Waals surface area contributed by atoms with Gasteiger partial charge in [-0.25, -0.2) is 0 Å². The average Bonchev–Trinajstić information content (AvgIpc) is 2.87. The molecule has 0 unspecified atom stereocenters. The van der Waals surface area contributed by atoms with Crippen LogP contribution in [0.1, 0.15) is 5.56 Å². The molecule has 0 radical (unpaired) electrons. The first kappa shape index (κ1) is 13.5. The quantitative estimate of drug-likeness (QED) is 0.842. The molecule has 1 aliphatic heterocycles. The van der Waals surface area contributed by atoms with Gasteiger partial charge in [0.15, 0.2) is 11.5 Å². The lowest BCUT2D eigenvalue weighted by molar-refractivity contribution is 1.26. The zero-order valence-corrected chi connectivity index (χ0v) is 12.6. The second kappa shape index (κ2) is 5.88. The summed E-state index contributed by atoms with van der Waals surface area (Å²) in [5.74, 6) is 0.299. The number of benzene rings is 2. The van der Waals surface area contributed by atoms with Crippen molar-refractivity contribution < 1.29 is 0 Å². The van der Waals surface area contributed by atoms with Gasteiger partial charge < -0.3 is 5.73 Å². The van der Waals surface area contributed by atoms with Gasteiger partial charge in [-0.2, -0.15) is 5.10 Å². The van der Waals surface area contributed by atoms with Crippen LogP contribution in [0.4, 0.5) is 5.69 Å². The molecule has 1 aliphatic rings. The molecule has 0 atom stereocenters. The summed E-state index contributed by atoms with van der Waals surface area (Å²) in [6.07, 6.45) is 0. The van der Waals surface area contributed by atoms with Crippen LogP contribution in [0.2, 0.25) is 0 Å². The van der Waals surface area contributed by atoms with E-state index in [0.29, 0.717) is 17.3 Å². The van der Waals surface area contributed by atoms with E-state index >= 15 is 0 Å². The monoisotopic (exact) mass is 341 g/mol. The molecule has 21 heavy (non-hydrogen) atoms. The van der Waals surface area contributed by atoms with Crippen molar-refractivity contribution in [2.24, 2.45) is 21.0 Å². The maximum absolute atomic E-state index is 5.86. The van der Waals surface area contributed by atoms with Crippen LogP contribution in [0.25, 0.3) is 0 Å². The predicted octanol–water partition coefficient (Wildman–Crippen LogP) is 2.99. The van der Waals surface area contributed by atoms with Crippen molar-refractivity contribution >= 4 is 38.9 Å². The molecule has 0 spiro atoms. The number of hydrogen-bond acceptors (Lipinski definition) is 5. The van der Waals surface area contributed by atoms with Crippen molar-refractivity contribution in [2.45, 2.75) is 0 Å². The van der Waals surface area contributed by atoms with Crippen LogP contribution in [0, 0.1) is 0 Å². The molecule has 0 aromatic heterocycles. The van der Waals surface area contributed by atoms with Crippen LogP contribution in [0.5, 0.6) is 0 Å². The molecule has 5 nitrogen and oxygen atoms in total. The van der Waals surface area contributed by atoms with E-state index < -0.39 is 0 Å². The van der Waals surface area contributed by atoms with E-state index in [1.165, 1.54) is 0 Å². The highest BCUT2D eigenvalue weighted by Crippen LogP contribution is 2.15. The second-order valence-corrected chi connectivity index (χ2v) is 5.30. The first-order chi connectivity index (χ1) is 10.2. The van der Waals surface area contributed by atoms with E-state index in [9.17, 15) is 0 Å². The largest absolute Gasteiger partial charge is 0.380 e. The number of rotatable bonds is 3. The van der Waals surface area contributed by atoms with E-state index in [2.05, 4.69) is 36.7 Å². The van der Waals surface area contributed by atoms with Gasteiger partial charge in [0.25, 0.3) is 0 Å². The van der Waals surface area contributed by atoms with E-state index in [4.69, 9.17) is 5.73 Å². The van der Waals surface area contributed by atoms with E-state index in [-0.39, 0.29) is 0 Å². The van der Waals surface area contributed by atoms with Gasteiger partial charge in [0, 0.05) is 10.0 Å². The predicted molar refractivity (Wildman–Crippen MR) is 89.8 cm³/mol. The number of anilines is 1. The molecule has 2 aromatic rings.